The van der Waals surface area contributed by atoms with Crippen LogP contribution < -0.4 is 5.32 Å². The van der Waals surface area contributed by atoms with Gasteiger partial charge in [-0.3, -0.25) is 9.69 Å². The van der Waals surface area contributed by atoms with Crippen LogP contribution in [0.15, 0.2) is 24.3 Å². The van der Waals surface area contributed by atoms with Crippen LogP contribution in [0.3, 0.4) is 0 Å². The van der Waals surface area contributed by atoms with Gasteiger partial charge >= 0.3 is 5.97 Å². The number of hydrogen-bond acceptors (Lipinski definition) is 4. The molecule has 6 heteroatoms. The molecule has 1 heterocycles. The van der Waals surface area contributed by atoms with Crippen molar-refractivity contribution < 1.29 is 19.4 Å². The molecule has 2 N–H and O–H groups in total. The second-order valence-corrected chi connectivity index (χ2v) is 7.32. The number of carboxylic acid groups (broad SMARTS) is 1. The smallest absolute Gasteiger partial charge is 0.326 e. The van der Waals surface area contributed by atoms with Crippen LogP contribution in [0.4, 0.5) is 0 Å². The number of carbonyl (C=O) groups excluding carboxylic acids is 1. The summed E-state index contributed by atoms with van der Waals surface area (Å²) in [5.74, 6) is -1.47. The summed E-state index contributed by atoms with van der Waals surface area (Å²) >= 11 is 0. The van der Waals surface area contributed by atoms with E-state index in [1.165, 1.54) is 0 Å². The summed E-state index contributed by atoms with van der Waals surface area (Å²) in [6.07, 6.45) is 1.13. The molecule has 0 radical (unpaired) electrons. The Bertz CT molecular complexity index is 607. The van der Waals surface area contributed by atoms with Crippen molar-refractivity contribution in [1.29, 1.82) is 0 Å². The number of carbonyl (C=O) groups is 2. The maximum Gasteiger partial charge on any atom is 0.326 e. The van der Waals surface area contributed by atoms with E-state index in [-0.39, 0.29) is 24.0 Å². The van der Waals surface area contributed by atoms with E-state index in [0.29, 0.717) is 12.0 Å². The van der Waals surface area contributed by atoms with Crippen LogP contribution in [0, 0.1) is 5.92 Å². The average molecular weight is 362 g/mol. The molecule has 4 atom stereocenters. The number of nitrogens with zero attached hydrogens (tertiary/aromatic N) is 1. The number of rotatable bonds is 7. The molecule has 26 heavy (non-hydrogen) atoms. The third-order valence-electron chi connectivity index (χ3n) is 4.88. The summed E-state index contributed by atoms with van der Waals surface area (Å²) in [5, 5.41) is 11.9. The molecule has 0 bridgehead atoms. The van der Waals surface area contributed by atoms with Gasteiger partial charge in [-0.25, -0.2) is 4.79 Å². The Balaban J connectivity index is 1.97. The van der Waals surface area contributed by atoms with Crippen molar-refractivity contribution in [2.75, 3.05) is 13.1 Å². The monoisotopic (exact) mass is 362 g/mol. The molecule has 1 saturated heterocycles. The lowest BCUT2D eigenvalue weighted by Crippen LogP contribution is -2.45. The molecular formula is C20H30N2O4. The van der Waals surface area contributed by atoms with Crippen LogP contribution >= 0.6 is 0 Å². The minimum absolute atomic E-state index is 0.124. The third kappa shape index (κ3) is 5.54. The van der Waals surface area contributed by atoms with Gasteiger partial charge in [0.05, 0.1) is 12.2 Å². The van der Waals surface area contributed by atoms with Crippen molar-refractivity contribution in [3.8, 4) is 0 Å². The molecule has 1 fully saturated rings. The van der Waals surface area contributed by atoms with Gasteiger partial charge in [-0.05, 0) is 37.5 Å². The Labute approximate surface area is 155 Å². The summed E-state index contributed by atoms with van der Waals surface area (Å²) < 4.78 is 5.75. The molecule has 1 aliphatic heterocycles. The van der Waals surface area contributed by atoms with Crippen LogP contribution in [-0.2, 0) is 16.1 Å². The van der Waals surface area contributed by atoms with Crippen LogP contribution in [0.25, 0.3) is 0 Å². The molecular weight excluding hydrogens is 332 g/mol. The zero-order valence-corrected chi connectivity index (χ0v) is 16.1. The fourth-order valence-corrected chi connectivity index (χ4v) is 3.34. The highest BCUT2D eigenvalue weighted by Crippen LogP contribution is 2.15. The summed E-state index contributed by atoms with van der Waals surface area (Å²) in [7, 11) is 0. The summed E-state index contributed by atoms with van der Waals surface area (Å²) in [6.45, 7) is 10.5. The number of carboxylic acids is 1. The molecule has 144 valence electrons. The number of benzene rings is 1. The van der Waals surface area contributed by atoms with Crippen molar-refractivity contribution in [2.45, 2.75) is 58.9 Å². The van der Waals surface area contributed by atoms with E-state index in [1.54, 1.807) is 12.1 Å². The second-order valence-electron chi connectivity index (χ2n) is 7.32. The molecule has 6 nitrogen and oxygen atoms in total. The molecule has 0 spiro atoms. The Hall–Kier alpha value is -1.92. The number of aliphatic carboxylic acids is 1. The number of hydrogen-bond donors (Lipinski definition) is 2. The number of morpholine rings is 1. The standard InChI is InChI=1S/C20H30N2O4/c1-5-13(2)18(20(24)25)21-19(23)17-8-6-16(7-9-17)12-22-10-14(3)26-15(4)11-22/h6-9,13-15,18H,5,10-12H2,1-4H3,(H,21,23)(H,24,25)/t13-,14?,15?,18-/m0/s1. The van der Waals surface area contributed by atoms with Gasteiger partial charge in [0, 0.05) is 25.2 Å². The predicted molar refractivity (Wildman–Crippen MR) is 100 cm³/mol. The van der Waals surface area contributed by atoms with Crippen molar-refractivity contribution in [2.24, 2.45) is 5.92 Å². The van der Waals surface area contributed by atoms with Gasteiger partial charge < -0.3 is 15.2 Å². The fraction of sp³-hybridized carbons (Fsp3) is 0.600. The molecule has 1 aromatic carbocycles. The molecule has 2 rings (SSSR count). The summed E-state index contributed by atoms with van der Waals surface area (Å²) in [4.78, 5) is 26.1. The van der Waals surface area contributed by atoms with E-state index >= 15 is 0 Å². The normalized spacial score (nSPS) is 23.2. The highest BCUT2D eigenvalue weighted by molar-refractivity contribution is 5.96. The third-order valence-corrected chi connectivity index (χ3v) is 4.88. The first kappa shape index (κ1) is 20.4. The van der Waals surface area contributed by atoms with Crippen molar-refractivity contribution in [3.05, 3.63) is 35.4 Å². The highest BCUT2D eigenvalue weighted by atomic mass is 16.5. The zero-order valence-electron chi connectivity index (χ0n) is 16.1. The Morgan fingerprint density at radius 3 is 2.31 bits per heavy atom. The Morgan fingerprint density at radius 2 is 1.81 bits per heavy atom. The van der Waals surface area contributed by atoms with E-state index in [1.807, 2.05) is 26.0 Å². The van der Waals surface area contributed by atoms with Crippen molar-refractivity contribution >= 4 is 11.9 Å². The van der Waals surface area contributed by atoms with E-state index < -0.39 is 12.0 Å². The van der Waals surface area contributed by atoms with Crippen LogP contribution in [-0.4, -0.2) is 53.2 Å². The Kier molecular flexibility index (Phi) is 7.17. The first-order valence-corrected chi connectivity index (χ1v) is 9.30. The molecule has 0 aliphatic carbocycles. The molecule has 1 amide bonds. The van der Waals surface area contributed by atoms with Gasteiger partial charge in [0.25, 0.3) is 5.91 Å². The lowest BCUT2D eigenvalue weighted by atomic mass is 9.99. The number of ether oxygens (including phenoxy) is 1. The fourth-order valence-electron chi connectivity index (χ4n) is 3.34. The topological polar surface area (TPSA) is 78.9 Å². The Morgan fingerprint density at radius 1 is 1.23 bits per heavy atom. The highest BCUT2D eigenvalue weighted by Gasteiger charge is 2.26. The summed E-state index contributed by atoms with van der Waals surface area (Å²) in [5.41, 5.74) is 1.60. The maximum atomic E-state index is 12.4. The second kappa shape index (κ2) is 9.14. The molecule has 0 aromatic heterocycles. The van der Waals surface area contributed by atoms with Crippen molar-refractivity contribution in [1.82, 2.24) is 10.2 Å². The SMILES string of the molecule is CC[C@H](C)[C@H](NC(=O)c1ccc(CN2CC(C)OC(C)C2)cc1)C(=O)O. The average Bonchev–Trinajstić information content (AvgIpc) is 2.58. The van der Waals surface area contributed by atoms with Gasteiger partial charge in [0.15, 0.2) is 0 Å². The molecule has 0 saturated carbocycles. The maximum absolute atomic E-state index is 12.4. The number of nitrogens with one attached hydrogen (secondary N) is 1. The van der Waals surface area contributed by atoms with E-state index in [9.17, 15) is 14.7 Å². The minimum atomic E-state index is -1.00. The lowest BCUT2D eigenvalue weighted by molar-refractivity contribution is -0.140. The van der Waals surface area contributed by atoms with Gasteiger partial charge in [-0.15, -0.1) is 0 Å². The van der Waals surface area contributed by atoms with Crippen LogP contribution in [0.2, 0.25) is 0 Å². The van der Waals surface area contributed by atoms with Gasteiger partial charge in [-0.2, -0.15) is 0 Å². The largest absolute Gasteiger partial charge is 0.480 e. The molecule has 1 aliphatic rings. The van der Waals surface area contributed by atoms with E-state index in [4.69, 9.17) is 4.74 Å². The summed E-state index contributed by atoms with van der Waals surface area (Å²) in [6, 6.07) is 6.50. The van der Waals surface area contributed by atoms with Crippen LogP contribution in [0.1, 0.15) is 50.0 Å². The van der Waals surface area contributed by atoms with E-state index in [2.05, 4.69) is 24.1 Å². The molecule has 1 aromatic rings. The quantitative estimate of drug-likeness (QED) is 0.779. The predicted octanol–water partition coefficient (Wildman–Crippen LogP) is 2.52. The minimum Gasteiger partial charge on any atom is -0.480 e. The zero-order chi connectivity index (χ0) is 19.3. The number of amides is 1. The van der Waals surface area contributed by atoms with Gasteiger partial charge in [0.1, 0.15) is 6.04 Å². The van der Waals surface area contributed by atoms with Gasteiger partial charge in [0.2, 0.25) is 0 Å². The first-order chi connectivity index (χ1) is 12.3. The van der Waals surface area contributed by atoms with Crippen LogP contribution in [0.5, 0.6) is 0 Å². The molecule has 2 unspecified atom stereocenters. The van der Waals surface area contributed by atoms with Gasteiger partial charge in [-0.1, -0.05) is 32.4 Å². The van der Waals surface area contributed by atoms with E-state index in [0.717, 1.165) is 25.2 Å². The first-order valence-electron chi connectivity index (χ1n) is 9.30. The van der Waals surface area contributed by atoms with Crippen molar-refractivity contribution in [3.63, 3.8) is 0 Å². The lowest BCUT2D eigenvalue weighted by Gasteiger charge is -2.35.